The molecule has 0 aromatic heterocycles. The summed E-state index contributed by atoms with van der Waals surface area (Å²) in [5.41, 5.74) is 0. The molecular weight excluding hydrogens is 260 g/mol. The first kappa shape index (κ1) is 14.6. The molecule has 4 unspecified atom stereocenters. The number of nitrogens with one attached hydrogen (secondary N) is 2. The van der Waals surface area contributed by atoms with Crippen molar-refractivity contribution in [3.05, 3.63) is 12.2 Å². The van der Waals surface area contributed by atoms with Crippen LogP contribution in [0.1, 0.15) is 19.8 Å². The number of fused-ring (bicyclic) bond motifs is 2. The van der Waals surface area contributed by atoms with E-state index in [0.29, 0.717) is 13.1 Å². The Labute approximate surface area is 117 Å². The molecule has 6 heteroatoms. The van der Waals surface area contributed by atoms with Crippen LogP contribution in [0.5, 0.6) is 0 Å². The van der Waals surface area contributed by atoms with Crippen molar-refractivity contribution in [2.24, 2.45) is 23.7 Å². The normalized spacial score (nSPS) is 30.9. The number of rotatable bonds is 5. The Balaban J connectivity index is 1.95. The molecule has 3 rings (SSSR count). The maximum absolute atomic E-state index is 12.2. The van der Waals surface area contributed by atoms with Crippen LogP contribution in [0.3, 0.4) is 0 Å². The van der Waals surface area contributed by atoms with Gasteiger partial charge in [-0.05, 0) is 24.7 Å². The van der Waals surface area contributed by atoms with Gasteiger partial charge in [-0.1, -0.05) is 12.2 Å². The number of hydrogen-bond acceptors (Lipinski definition) is 3. The predicted molar refractivity (Wildman–Crippen MR) is 71.7 cm³/mol. The third kappa shape index (κ3) is 3.00. The molecule has 0 spiro atoms. The quantitative estimate of drug-likeness (QED) is 0.493. The van der Waals surface area contributed by atoms with Crippen molar-refractivity contribution in [2.45, 2.75) is 19.8 Å². The molecule has 2 amide bonds. The molecule has 0 aromatic rings. The molecule has 1 fully saturated rings. The summed E-state index contributed by atoms with van der Waals surface area (Å²) in [6, 6.07) is 0. The Kier molecular flexibility index (Phi) is 4.42. The standard InChI is InChI=1S/C14H20N2O4/c1-8(17)15-6-7-16-13(18)11-9-2-4-10(5-3-9)12(11)14(19)20/h2,4,9-12H,3,5-7H2,1H3,(H,15,17)(H,16,18)(H,19,20). The summed E-state index contributed by atoms with van der Waals surface area (Å²) in [4.78, 5) is 34.4. The van der Waals surface area contributed by atoms with Gasteiger partial charge in [0.1, 0.15) is 0 Å². The number of hydrogen-bond donors (Lipinski definition) is 3. The van der Waals surface area contributed by atoms with Gasteiger partial charge >= 0.3 is 5.97 Å². The lowest BCUT2D eigenvalue weighted by Gasteiger charge is -2.41. The summed E-state index contributed by atoms with van der Waals surface area (Å²) in [5, 5.41) is 14.7. The Morgan fingerprint density at radius 2 is 1.60 bits per heavy atom. The van der Waals surface area contributed by atoms with Gasteiger partial charge in [0, 0.05) is 20.0 Å². The van der Waals surface area contributed by atoms with Gasteiger partial charge in [-0.2, -0.15) is 0 Å². The van der Waals surface area contributed by atoms with Gasteiger partial charge in [0.15, 0.2) is 0 Å². The van der Waals surface area contributed by atoms with Gasteiger partial charge in [0.05, 0.1) is 11.8 Å². The molecule has 0 saturated heterocycles. The molecule has 4 atom stereocenters. The van der Waals surface area contributed by atoms with Crippen LogP contribution in [0.25, 0.3) is 0 Å². The monoisotopic (exact) mass is 280 g/mol. The first-order chi connectivity index (χ1) is 9.50. The fourth-order valence-electron chi connectivity index (χ4n) is 3.23. The van der Waals surface area contributed by atoms with Crippen molar-refractivity contribution in [1.29, 1.82) is 0 Å². The van der Waals surface area contributed by atoms with E-state index in [1.54, 1.807) is 0 Å². The first-order valence-electron chi connectivity index (χ1n) is 6.94. The molecule has 1 saturated carbocycles. The second-order valence-electron chi connectivity index (χ2n) is 5.45. The number of carbonyl (C=O) groups is 3. The van der Waals surface area contributed by atoms with Gasteiger partial charge in [0.2, 0.25) is 11.8 Å². The minimum Gasteiger partial charge on any atom is -0.481 e. The number of amides is 2. The van der Waals surface area contributed by atoms with Crippen LogP contribution in [0.15, 0.2) is 12.2 Å². The highest BCUT2D eigenvalue weighted by atomic mass is 16.4. The molecule has 3 aliphatic carbocycles. The zero-order valence-electron chi connectivity index (χ0n) is 11.5. The van der Waals surface area contributed by atoms with Crippen LogP contribution in [0.2, 0.25) is 0 Å². The van der Waals surface area contributed by atoms with E-state index in [1.165, 1.54) is 6.92 Å². The maximum Gasteiger partial charge on any atom is 0.307 e. The van der Waals surface area contributed by atoms with E-state index in [4.69, 9.17) is 0 Å². The second kappa shape index (κ2) is 6.07. The highest BCUT2D eigenvalue weighted by Gasteiger charge is 2.47. The van der Waals surface area contributed by atoms with Gasteiger partial charge < -0.3 is 15.7 Å². The molecule has 2 bridgehead atoms. The molecule has 3 aliphatic rings. The first-order valence-corrected chi connectivity index (χ1v) is 6.94. The Morgan fingerprint density at radius 1 is 1.05 bits per heavy atom. The summed E-state index contributed by atoms with van der Waals surface area (Å²) in [5.74, 6) is -2.41. The van der Waals surface area contributed by atoms with Crippen molar-refractivity contribution >= 4 is 17.8 Å². The molecule has 20 heavy (non-hydrogen) atoms. The third-order valence-corrected chi connectivity index (χ3v) is 4.13. The zero-order chi connectivity index (χ0) is 14.7. The minimum absolute atomic E-state index is 0.0156. The number of carboxylic acids is 1. The zero-order valence-corrected chi connectivity index (χ0v) is 11.5. The van der Waals surface area contributed by atoms with E-state index in [0.717, 1.165) is 12.8 Å². The molecule has 110 valence electrons. The van der Waals surface area contributed by atoms with Gasteiger partial charge in [0.25, 0.3) is 0 Å². The van der Waals surface area contributed by atoms with Gasteiger partial charge in [-0.25, -0.2) is 0 Å². The molecule has 0 aliphatic heterocycles. The van der Waals surface area contributed by atoms with E-state index in [9.17, 15) is 19.5 Å². The molecule has 6 nitrogen and oxygen atoms in total. The fraction of sp³-hybridized carbons (Fsp3) is 0.643. The van der Waals surface area contributed by atoms with E-state index in [1.807, 2.05) is 12.2 Å². The van der Waals surface area contributed by atoms with Crippen LogP contribution in [0, 0.1) is 23.7 Å². The summed E-state index contributed by atoms with van der Waals surface area (Å²) in [6.45, 7) is 2.09. The third-order valence-electron chi connectivity index (χ3n) is 4.13. The number of aliphatic carboxylic acids is 1. The van der Waals surface area contributed by atoms with Gasteiger partial charge in [-0.15, -0.1) is 0 Å². The second-order valence-corrected chi connectivity index (χ2v) is 5.45. The summed E-state index contributed by atoms with van der Waals surface area (Å²) >= 11 is 0. The topological polar surface area (TPSA) is 95.5 Å². The molecule has 3 N–H and O–H groups in total. The van der Waals surface area contributed by atoms with E-state index in [2.05, 4.69) is 10.6 Å². The molecule has 0 radical (unpaired) electrons. The van der Waals surface area contributed by atoms with Crippen LogP contribution in [-0.2, 0) is 14.4 Å². The van der Waals surface area contributed by atoms with Crippen molar-refractivity contribution in [3.63, 3.8) is 0 Å². The predicted octanol–water partition coefficient (Wildman–Crippen LogP) is 0.152. The Morgan fingerprint density at radius 3 is 2.10 bits per heavy atom. The number of carboxylic acid groups (broad SMARTS) is 1. The van der Waals surface area contributed by atoms with E-state index >= 15 is 0 Å². The Hall–Kier alpha value is -1.85. The molecule has 0 aromatic carbocycles. The largest absolute Gasteiger partial charge is 0.481 e. The summed E-state index contributed by atoms with van der Waals surface area (Å²) < 4.78 is 0. The molecular formula is C14H20N2O4. The summed E-state index contributed by atoms with van der Waals surface area (Å²) in [6.07, 6.45) is 5.63. The van der Waals surface area contributed by atoms with Crippen molar-refractivity contribution in [3.8, 4) is 0 Å². The SMILES string of the molecule is CC(=O)NCCNC(=O)C1C2C=CC(CC2)C1C(=O)O. The van der Waals surface area contributed by atoms with Crippen molar-refractivity contribution in [2.75, 3.05) is 13.1 Å². The van der Waals surface area contributed by atoms with E-state index in [-0.39, 0.29) is 23.7 Å². The van der Waals surface area contributed by atoms with Crippen molar-refractivity contribution < 1.29 is 19.5 Å². The van der Waals surface area contributed by atoms with E-state index < -0.39 is 17.8 Å². The smallest absolute Gasteiger partial charge is 0.307 e. The lowest BCUT2D eigenvalue weighted by Crippen LogP contribution is -2.49. The van der Waals surface area contributed by atoms with Crippen LogP contribution >= 0.6 is 0 Å². The number of carbonyl (C=O) groups excluding carboxylic acids is 2. The fourth-order valence-corrected chi connectivity index (χ4v) is 3.23. The summed E-state index contributed by atoms with van der Waals surface area (Å²) in [7, 11) is 0. The average molecular weight is 280 g/mol. The highest BCUT2D eigenvalue weighted by molar-refractivity contribution is 5.86. The lowest BCUT2D eigenvalue weighted by atomic mass is 9.62. The number of allylic oxidation sites excluding steroid dienone is 2. The van der Waals surface area contributed by atoms with Crippen LogP contribution < -0.4 is 10.6 Å². The van der Waals surface area contributed by atoms with Crippen LogP contribution in [0.4, 0.5) is 0 Å². The lowest BCUT2D eigenvalue weighted by molar-refractivity contribution is -0.152. The Bertz CT molecular complexity index is 446. The van der Waals surface area contributed by atoms with Crippen LogP contribution in [-0.4, -0.2) is 36.0 Å². The highest BCUT2D eigenvalue weighted by Crippen LogP contribution is 2.44. The van der Waals surface area contributed by atoms with Gasteiger partial charge in [-0.3, -0.25) is 14.4 Å². The average Bonchev–Trinajstić information content (AvgIpc) is 2.43. The van der Waals surface area contributed by atoms with Crippen molar-refractivity contribution in [1.82, 2.24) is 10.6 Å². The minimum atomic E-state index is -0.897. The maximum atomic E-state index is 12.2. The molecule has 0 heterocycles.